The molecule has 2 aromatic rings. The highest BCUT2D eigenvalue weighted by Crippen LogP contribution is 2.33. The average molecular weight is 555 g/mol. The maximum Gasteiger partial charge on any atom is 0.305 e. The van der Waals surface area contributed by atoms with E-state index in [4.69, 9.17) is 5.11 Å². The first-order valence-electron chi connectivity index (χ1n) is 12.3. The number of fused-ring (bicyclic) bond motifs is 1. The topological polar surface area (TPSA) is 194 Å². The van der Waals surface area contributed by atoms with Crippen LogP contribution in [0.5, 0.6) is 0 Å². The number of para-hydroxylation sites is 2. The minimum absolute atomic E-state index is 0.126. The summed E-state index contributed by atoms with van der Waals surface area (Å²) in [4.78, 5) is 76.9. The van der Waals surface area contributed by atoms with Crippen LogP contribution in [0.2, 0.25) is 0 Å². The van der Waals surface area contributed by atoms with Crippen molar-refractivity contribution in [2.75, 3.05) is 29.5 Å². The third-order valence-electron chi connectivity index (χ3n) is 6.46. The average Bonchev–Trinajstić information content (AvgIpc) is 3.02. The van der Waals surface area contributed by atoms with Gasteiger partial charge in [-0.2, -0.15) is 0 Å². The van der Waals surface area contributed by atoms with Crippen LogP contribution in [0.4, 0.5) is 11.4 Å². The van der Waals surface area contributed by atoms with E-state index in [1.165, 1.54) is 12.1 Å². The number of nitrogens with one attached hydrogen (secondary N) is 2. The monoisotopic (exact) mass is 554 g/mol. The molecule has 0 radical (unpaired) electrons. The molecule has 3 rings (SSSR count). The molecule has 2 aromatic carbocycles. The summed E-state index contributed by atoms with van der Waals surface area (Å²) in [6, 6.07) is 6.52. The molecule has 0 aromatic heterocycles. The summed E-state index contributed by atoms with van der Waals surface area (Å²) in [5.41, 5.74) is 2.50. The highest BCUT2D eigenvalue weighted by atomic mass is 16.4. The Kier molecular flexibility index (Phi) is 9.69. The van der Waals surface area contributed by atoms with Crippen LogP contribution in [0.25, 0.3) is 0 Å². The van der Waals surface area contributed by atoms with E-state index in [-0.39, 0.29) is 36.4 Å². The number of aliphatic hydroxyl groups is 2. The lowest BCUT2D eigenvalue weighted by Gasteiger charge is -2.25. The second-order valence-electron chi connectivity index (χ2n) is 9.26. The minimum Gasteiger partial charge on any atom is -0.481 e. The van der Waals surface area contributed by atoms with Crippen LogP contribution in [0.15, 0.2) is 36.4 Å². The number of aldehydes is 1. The van der Waals surface area contributed by atoms with Crippen molar-refractivity contribution in [3.63, 3.8) is 0 Å². The number of nitrogens with zero attached hydrogens (tertiary/aromatic N) is 2. The van der Waals surface area contributed by atoms with Gasteiger partial charge >= 0.3 is 5.97 Å². The Balaban J connectivity index is 1.98. The molecule has 40 heavy (non-hydrogen) atoms. The molecule has 1 aliphatic rings. The highest BCUT2D eigenvalue weighted by molar-refractivity contribution is 6.11. The number of hydrogen-bond acceptors (Lipinski definition) is 8. The molecular weight excluding hydrogens is 524 g/mol. The Morgan fingerprint density at radius 1 is 1.07 bits per heavy atom. The Morgan fingerprint density at radius 3 is 2.25 bits per heavy atom. The van der Waals surface area contributed by atoms with E-state index in [1.807, 2.05) is 0 Å². The van der Waals surface area contributed by atoms with Crippen molar-refractivity contribution < 1.29 is 44.1 Å². The molecule has 212 valence electrons. The molecule has 0 fully saturated rings. The number of carbonyl (C=O) groups is 6. The summed E-state index contributed by atoms with van der Waals surface area (Å²) in [6.45, 7) is 1.33. The number of rotatable bonds is 10. The number of benzene rings is 2. The summed E-state index contributed by atoms with van der Waals surface area (Å²) < 4.78 is 0. The van der Waals surface area contributed by atoms with Crippen LogP contribution in [0, 0.1) is 13.8 Å². The van der Waals surface area contributed by atoms with Crippen LogP contribution in [0.3, 0.4) is 0 Å². The molecule has 1 heterocycles. The smallest absolute Gasteiger partial charge is 0.305 e. The van der Waals surface area contributed by atoms with Gasteiger partial charge in [-0.05, 0) is 54.8 Å². The standard InChI is InChI=1S/C27H30N4O9/c1-15-7-17(8-16(2)19(15)13-33)26(39)29-20-10-30(24(36)14-34)21-5-3-4-6-22(21)31(27(20)40)11-23(35)28-18(12-32)9-25(37)38/h3-8,12,18,20,33-34H,9-11,13-14H2,1-2H3,(H,28,35)(H,29,39)(H,37,38)/t18-,20-/m0/s1. The number of carboxylic acids is 1. The summed E-state index contributed by atoms with van der Waals surface area (Å²) in [5, 5.41) is 33.0. The molecule has 0 spiro atoms. The third-order valence-corrected chi connectivity index (χ3v) is 6.46. The Labute approximate surface area is 229 Å². The number of aliphatic carboxylic acids is 1. The van der Waals surface area contributed by atoms with E-state index in [0.717, 1.165) is 9.80 Å². The maximum absolute atomic E-state index is 13.8. The normalized spacial score (nSPS) is 15.5. The van der Waals surface area contributed by atoms with Gasteiger partial charge in [-0.3, -0.25) is 28.9 Å². The van der Waals surface area contributed by atoms with Gasteiger partial charge in [0.05, 0.1) is 37.0 Å². The van der Waals surface area contributed by atoms with Crippen molar-refractivity contribution in [3.05, 3.63) is 58.7 Å². The van der Waals surface area contributed by atoms with Gasteiger partial charge in [0.25, 0.3) is 17.7 Å². The highest BCUT2D eigenvalue weighted by Gasteiger charge is 2.37. The Hall–Kier alpha value is -4.62. The van der Waals surface area contributed by atoms with Crippen molar-refractivity contribution >= 4 is 47.3 Å². The molecule has 1 aliphatic heterocycles. The van der Waals surface area contributed by atoms with Crippen molar-refractivity contribution in [2.45, 2.75) is 39.0 Å². The molecule has 0 saturated carbocycles. The number of hydrogen-bond donors (Lipinski definition) is 5. The van der Waals surface area contributed by atoms with Gasteiger partial charge in [-0.25, -0.2) is 0 Å². The van der Waals surface area contributed by atoms with Gasteiger partial charge < -0.3 is 35.6 Å². The van der Waals surface area contributed by atoms with Gasteiger partial charge in [0, 0.05) is 5.56 Å². The Bertz CT molecular complexity index is 1320. The molecule has 5 N–H and O–H groups in total. The molecule has 13 nitrogen and oxygen atoms in total. The van der Waals surface area contributed by atoms with Crippen molar-refractivity contribution in [2.24, 2.45) is 0 Å². The number of carbonyl (C=O) groups excluding carboxylic acids is 5. The van der Waals surface area contributed by atoms with Gasteiger partial charge in [0.2, 0.25) is 5.91 Å². The molecule has 13 heteroatoms. The van der Waals surface area contributed by atoms with Gasteiger partial charge in [0.15, 0.2) is 0 Å². The van der Waals surface area contributed by atoms with Crippen LogP contribution in [0.1, 0.15) is 33.5 Å². The Morgan fingerprint density at radius 2 is 1.70 bits per heavy atom. The molecule has 0 saturated heterocycles. The zero-order valence-electron chi connectivity index (χ0n) is 21.9. The molecule has 0 aliphatic carbocycles. The summed E-state index contributed by atoms with van der Waals surface area (Å²) in [6.07, 6.45) is -0.397. The first kappa shape index (κ1) is 29.9. The first-order chi connectivity index (χ1) is 19.0. The predicted molar refractivity (Wildman–Crippen MR) is 142 cm³/mol. The van der Waals surface area contributed by atoms with E-state index >= 15 is 0 Å². The predicted octanol–water partition coefficient (Wildman–Crippen LogP) is -0.575. The van der Waals surface area contributed by atoms with Crippen LogP contribution in [-0.4, -0.2) is 83.0 Å². The summed E-state index contributed by atoms with van der Waals surface area (Å²) in [7, 11) is 0. The van der Waals surface area contributed by atoms with Crippen molar-refractivity contribution in [3.8, 4) is 0 Å². The van der Waals surface area contributed by atoms with Crippen LogP contribution in [-0.2, 0) is 30.6 Å². The van der Waals surface area contributed by atoms with Gasteiger partial charge in [-0.15, -0.1) is 0 Å². The van der Waals surface area contributed by atoms with E-state index in [2.05, 4.69) is 10.6 Å². The lowest BCUT2D eigenvalue weighted by Crippen LogP contribution is -2.55. The largest absolute Gasteiger partial charge is 0.481 e. The zero-order valence-corrected chi connectivity index (χ0v) is 21.9. The number of amides is 4. The lowest BCUT2D eigenvalue weighted by atomic mass is 9.99. The minimum atomic E-state index is -1.36. The summed E-state index contributed by atoms with van der Waals surface area (Å²) >= 11 is 0. The first-order valence-corrected chi connectivity index (χ1v) is 12.3. The van der Waals surface area contributed by atoms with Crippen LogP contribution >= 0.6 is 0 Å². The number of anilines is 2. The van der Waals surface area contributed by atoms with E-state index in [1.54, 1.807) is 38.1 Å². The maximum atomic E-state index is 13.8. The fraction of sp³-hybridized carbons (Fsp3) is 0.333. The van der Waals surface area contributed by atoms with Crippen molar-refractivity contribution in [1.82, 2.24) is 10.6 Å². The second kappa shape index (κ2) is 13.0. The molecule has 4 amide bonds. The quantitative estimate of drug-likeness (QED) is 0.239. The van der Waals surface area contributed by atoms with Crippen molar-refractivity contribution in [1.29, 1.82) is 0 Å². The van der Waals surface area contributed by atoms with E-state index in [9.17, 15) is 39.0 Å². The molecule has 0 bridgehead atoms. The fourth-order valence-corrected chi connectivity index (χ4v) is 4.51. The zero-order chi connectivity index (χ0) is 29.6. The fourth-order valence-electron chi connectivity index (χ4n) is 4.51. The SMILES string of the molecule is Cc1cc(C(=O)N[C@H]2CN(C(=O)CO)c3ccccc3N(CC(=O)N[C@H](C=O)CC(=O)O)C2=O)cc(C)c1CO. The molecular formula is C27H30N4O9. The van der Waals surface area contributed by atoms with Gasteiger partial charge in [0.1, 0.15) is 25.5 Å². The van der Waals surface area contributed by atoms with E-state index in [0.29, 0.717) is 16.7 Å². The second-order valence-corrected chi connectivity index (χ2v) is 9.26. The third kappa shape index (κ3) is 6.68. The summed E-state index contributed by atoms with van der Waals surface area (Å²) in [5.74, 6) is -4.33. The lowest BCUT2D eigenvalue weighted by molar-refractivity contribution is -0.139. The number of carboxylic acid groups (broad SMARTS) is 1. The number of aliphatic hydroxyl groups excluding tert-OH is 2. The molecule has 2 atom stereocenters. The molecule has 0 unspecified atom stereocenters. The van der Waals surface area contributed by atoms with Crippen LogP contribution < -0.4 is 20.4 Å². The van der Waals surface area contributed by atoms with Gasteiger partial charge in [-0.1, -0.05) is 12.1 Å². The van der Waals surface area contributed by atoms with E-state index < -0.39 is 61.3 Å². The number of aryl methyl sites for hydroxylation is 2.